The summed E-state index contributed by atoms with van der Waals surface area (Å²) in [6, 6.07) is -0.171. The van der Waals surface area contributed by atoms with E-state index in [1.165, 1.54) is 0 Å². The fourth-order valence-electron chi connectivity index (χ4n) is 3.06. The molecular weight excluding hydrogens is 308 g/mol. The Morgan fingerprint density at radius 2 is 2.04 bits per heavy atom. The molecule has 0 aromatic rings. The van der Waals surface area contributed by atoms with Gasteiger partial charge in [0.2, 0.25) is 0 Å². The second-order valence-electron chi connectivity index (χ2n) is 6.65. The molecule has 0 radical (unpaired) electrons. The first kappa shape index (κ1) is 20.9. The number of hydrogen-bond acceptors (Lipinski definition) is 6. The van der Waals surface area contributed by atoms with E-state index in [1.54, 1.807) is 14.0 Å². The Hall–Kier alpha value is -1.15. The van der Waals surface area contributed by atoms with E-state index in [2.05, 4.69) is 17.0 Å². The van der Waals surface area contributed by atoms with Gasteiger partial charge in [0, 0.05) is 26.3 Å². The Labute approximate surface area is 145 Å². The summed E-state index contributed by atoms with van der Waals surface area (Å²) in [6.45, 7) is 8.09. The third kappa shape index (κ3) is 6.76. The highest BCUT2D eigenvalue weighted by atomic mass is 16.6. The first-order chi connectivity index (χ1) is 11.4. The van der Waals surface area contributed by atoms with Gasteiger partial charge < -0.3 is 25.3 Å². The summed E-state index contributed by atoms with van der Waals surface area (Å²) >= 11 is 0. The van der Waals surface area contributed by atoms with Crippen LogP contribution in [0.15, 0.2) is 12.3 Å². The lowest BCUT2D eigenvalue weighted by atomic mass is 9.91. The molecule has 0 bridgehead atoms. The van der Waals surface area contributed by atoms with Crippen LogP contribution < -0.4 is 11.2 Å². The molecule has 1 fully saturated rings. The van der Waals surface area contributed by atoms with Crippen molar-refractivity contribution in [2.24, 2.45) is 5.73 Å². The molecular formula is C17H34N4O3. The van der Waals surface area contributed by atoms with Gasteiger partial charge in [0.1, 0.15) is 11.6 Å². The van der Waals surface area contributed by atoms with Gasteiger partial charge in [-0.05, 0) is 46.0 Å². The summed E-state index contributed by atoms with van der Waals surface area (Å²) in [6.07, 6.45) is 4.63. The third-order valence-electron chi connectivity index (χ3n) is 4.42. The highest BCUT2D eigenvalue weighted by Gasteiger charge is 2.30. The van der Waals surface area contributed by atoms with Crippen molar-refractivity contribution in [1.29, 1.82) is 5.41 Å². The first-order valence-electron chi connectivity index (χ1n) is 8.71. The first-order valence-corrected chi connectivity index (χ1v) is 8.71. The van der Waals surface area contributed by atoms with Gasteiger partial charge in [-0.1, -0.05) is 6.58 Å². The molecule has 1 saturated carbocycles. The van der Waals surface area contributed by atoms with Crippen molar-refractivity contribution in [3.63, 3.8) is 0 Å². The van der Waals surface area contributed by atoms with Gasteiger partial charge in [-0.3, -0.25) is 5.41 Å². The fourth-order valence-corrected chi connectivity index (χ4v) is 3.06. The van der Waals surface area contributed by atoms with Crippen molar-refractivity contribution < 1.29 is 14.7 Å². The van der Waals surface area contributed by atoms with Crippen molar-refractivity contribution in [2.45, 2.75) is 70.2 Å². The second-order valence-corrected chi connectivity index (χ2v) is 6.65. The van der Waals surface area contributed by atoms with Gasteiger partial charge in [0.15, 0.2) is 0 Å². The average Bonchev–Trinajstić information content (AvgIpc) is 2.57. The zero-order valence-corrected chi connectivity index (χ0v) is 15.3. The number of ether oxygens (including phenoxy) is 1. The van der Waals surface area contributed by atoms with Crippen LogP contribution in [0.4, 0.5) is 0 Å². The lowest BCUT2D eigenvalue weighted by Crippen LogP contribution is -2.53. The summed E-state index contributed by atoms with van der Waals surface area (Å²) in [5.74, 6) is 0.981. The molecule has 0 aliphatic heterocycles. The SMILES string of the molecule is C=C(C)ONC(C)CN(C(=N)[C@@H](N)CCO)[C@H]1CC[C@H](OC)CC1. The molecule has 24 heavy (non-hydrogen) atoms. The second kappa shape index (κ2) is 10.7. The van der Waals surface area contributed by atoms with Crippen molar-refractivity contribution >= 4 is 5.84 Å². The Balaban J connectivity index is 2.71. The smallest absolute Gasteiger partial charge is 0.114 e. The van der Waals surface area contributed by atoms with Crippen LogP contribution in [-0.4, -0.2) is 60.3 Å². The molecule has 0 saturated heterocycles. The Morgan fingerprint density at radius 3 is 2.54 bits per heavy atom. The number of hydroxylamine groups is 1. The molecule has 5 N–H and O–H groups in total. The lowest BCUT2D eigenvalue weighted by Gasteiger charge is -2.40. The Morgan fingerprint density at radius 1 is 1.42 bits per heavy atom. The van der Waals surface area contributed by atoms with Gasteiger partial charge in [-0.25, -0.2) is 0 Å². The number of amidine groups is 1. The van der Waals surface area contributed by atoms with Crippen LogP contribution in [0.5, 0.6) is 0 Å². The summed E-state index contributed by atoms with van der Waals surface area (Å²) in [5.41, 5.74) is 9.01. The van der Waals surface area contributed by atoms with Crippen molar-refractivity contribution in [3.05, 3.63) is 12.3 Å². The van der Waals surface area contributed by atoms with Crippen molar-refractivity contribution in [3.8, 4) is 0 Å². The number of allylic oxidation sites excluding steroid dienone is 1. The largest absolute Gasteiger partial charge is 0.414 e. The van der Waals surface area contributed by atoms with E-state index in [9.17, 15) is 0 Å². The standard InChI is InChI=1S/C17H34N4O3/c1-12(2)24-20-13(3)11-21(17(19)16(18)9-10-22)14-5-7-15(23-4)8-6-14/h13-16,19-20,22H,1,5-11,18H2,2-4H3/t13?,14-,15-,16-/m0/s1. The van der Waals surface area contributed by atoms with E-state index in [4.69, 9.17) is 25.8 Å². The van der Waals surface area contributed by atoms with E-state index >= 15 is 0 Å². The molecule has 7 nitrogen and oxygen atoms in total. The molecule has 1 unspecified atom stereocenters. The monoisotopic (exact) mass is 342 g/mol. The molecule has 0 heterocycles. The van der Waals surface area contributed by atoms with E-state index in [1.807, 2.05) is 6.92 Å². The maximum atomic E-state index is 9.12. The van der Waals surface area contributed by atoms with Crippen LogP contribution in [0.1, 0.15) is 46.0 Å². The van der Waals surface area contributed by atoms with E-state index in [0.29, 0.717) is 30.7 Å². The maximum absolute atomic E-state index is 9.12. The number of rotatable bonds is 10. The van der Waals surface area contributed by atoms with Gasteiger partial charge in [0.25, 0.3) is 0 Å². The van der Waals surface area contributed by atoms with Crippen LogP contribution in [0.2, 0.25) is 0 Å². The minimum Gasteiger partial charge on any atom is -0.414 e. The zero-order chi connectivity index (χ0) is 18.1. The van der Waals surface area contributed by atoms with Crippen molar-refractivity contribution in [1.82, 2.24) is 10.4 Å². The van der Waals surface area contributed by atoms with Crippen molar-refractivity contribution in [2.75, 3.05) is 20.3 Å². The summed E-state index contributed by atoms with van der Waals surface area (Å²) in [7, 11) is 1.75. The van der Waals surface area contributed by atoms with Gasteiger partial charge >= 0.3 is 0 Å². The number of nitrogens with two attached hydrogens (primary N) is 1. The topological polar surface area (TPSA) is 104 Å². The van der Waals surface area contributed by atoms with Gasteiger partial charge in [-0.15, -0.1) is 0 Å². The molecule has 1 rings (SSSR count). The van der Waals surface area contributed by atoms with Crippen LogP contribution in [0.25, 0.3) is 0 Å². The maximum Gasteiger partial charge on any atom is 0.114 e. The fraction of sp³-hybridized carbons (Fsp3) is 0.824. The number of aliphatic hydroxyl groups is 1. The molecule has 1 aliphatic carbocycles. The van der Waals surface area contributed by atoms with Crippen LogP contribution in [0, 0.1) is 5.41 Å². The van der Waals surface area contributed by atoms with Gasteiger partial charge in [-0.2, -0.15) is 5.48 Å². The van der Waals surface area contributed by atoms with Crippen LogP contribution >= 0.6 is 0 Å². The number of methoxy groups -OCH3 is 1. The molecule has 7 heteroatoms. The molecule has 0 spiro atoms. The average molecular weight is 342 g/mol. The van der Waals surface area contributed by atoms with Crippen LogP contribution in [0.3, 0.4) is 0 Å². The Kier molecular flexibility index (Phi) is 9.28. The molecule has 2 atom stereocenters. The van der Waals surface area contributed by atoms with Gasteiger partial charge in [0.05, 0.1) is 18.2 Å². The molecule has 0 aromatic carbocycles. The predicted molar refractivity (Wildman–Crippen MR) is 95.7 cm³/mol. The summed E-state index contributed by atoms with van der Waals surface area (Å²) in [4.78, 5) is 7.34. The highest BCUT2D eigenvalue weighted by molar-refractivity contribution is 5.84. The van der Waals surface area contributed by atoms with Crippen LogP contribution in [-0.2, 0) is 9.57 Å². The quantitative estimate of drug-likeness (QED) is 0.207. The number of nitrogens with one attached hydrogen (secondary N) is 2. The van der Waals surface area contributed by atoms with E-state index < -0.39 is 6.04 Å². The molecule has 0 aromatic heterocycles. The molecule has 1 aliphatic rings. The normalized spacial score (nSPS) is 23.4. The lowest BCUT2D eigenvalue weighted by molar-refractivity contribution is 0.0400. The minimum absolute atomic E-state index is 0.0135. The summed E-state index contributed by atoms with van der Waals surface area (Å²) in [5, 5.41) is 17.6. The van der Waals surface area contributed by atoms with E-state index in [-0.39, 0.29) is 18.7 Å². The number of hydrogen-bond donors (Lipinski definition) is 4. The summed E-state index contributed by atoms with van der Waals surface area (Å²) < 4.78 is 5.44. The third-order valence-corrected chi connectivity index (χ3v) is 4.42. The highest BCUT2D eigenvalue weighted by Crippen LogP contribution is 2.25. The Bertz CT molecular complexity index is 397. The molecule has 140 valence electrons. The number of nitrogens with zero attached hydrogens (tertiary/aromatic N) is 1. The predicted octanol–water partition coefficient (Wildman–Crippen LogP) is 1.38. The molecule has 0 amide bonds. The van der Waals surface area contributed by atoms with E-state index in [0.717, 1.165) is 25.7 Å². The number of aliphatic hydroxyl groups excluding tert-OH is 1. The zero-order valence-electron chi connectivity index (χ0n) is 15.3. The minimum atomic E-state index is -0.454.